The number of ether oxygens (including phenoxy) is 4. The predicted octanol–water partition coefficient (Wildman–Crippen LogP) is 1.63. The van der Waals surface area contributed by atoms with Crippen molar-refractivity contribution >= 4 is 17.9 Å². The summed E-state index contributed by atoms with van der Waals surface area (Å²) in [7, 11) is 0. The molecule has 2 fully saturated rings. The molecular weight excluding hydrogens is 536 g/mol. The third kappa shape index (κ3) is 5.03. The average molecular weight is 581 g/mol. The molecule has 2 saturated heterocycles. The van der Waals surface area contributed by atoms with Crippen LogP contribution in [0.2, 0.25) is 0 Å². The van der Waals surface area contributed by atoms with Gasteiger partial charge in [0.25, 0.3) is 0 Å². The first-order valence-corrected chi connectivity index (χ1v) is 14.5. The van der Waals surface area contributed by atoms with Crippen LogP contribution in [0, 0.1) is 11.3 Å². The summed E-state index contributed by atoms with van der Waals surface area (Å²) in [6, 6.07) is 0. The second kappa shape index (κ2) is 11.1. The average Bonchev–Trinajstić information content (AvgIpc) is 3.48. The summed E-state index contributed by atoms with van der Waals surface area (Å²) in [5.41, 5.74) is -6.52. The Morgan fingerprint density at radius 1 is 1.05 bits per heavy atom. The first-order chi connectivity index (χ1) is 19.1. The smallest absolute Gasteiger partial charge is 0.342 e. The summed E-state index contributed by atoms with van der Waals surface area (Å²) in [6.07, 6.45) is 0.148. The Morgan fingerprint density at radius 2 is 1.71 bits per heavy atom. The van der Waals surface area contributed by atoms with Crippen molar-refractivity contribution in [3.8, 4) is 0 Å². The van der Waals surface area contributed by atoms with E-state index in [1.54, 1.807) is 6.92 Å². The quantitative estimate of drug-likeness (QED) is 0.108. The van der Waals surface area contributed by atoms with E-state index in [-0.39, 0.29) is 6.42 Å². The third-order valence-corrected chi connectivity index (χ3v) is 9.55. The van der Waals surface area contributed by atoms with E-state index in [9.17, 15) is 34.8 Å². The minimum Gasteiger partial charge on any atom is -0.459 e. The maximum Gasteiger partial charge on any atom is 0.342 e. The topological polar surface area (TPSA) is 172 Å². The van der Waals surface area contributed by atoms with Crippen LogP contribution in [0.3, 0.4) is 0 Å². The van der Waals surface area contributed by atoms with Gasteiger partial charge in [-0.1, -0.05) is 51.7 Å². The van der Waals surface area contributed by atoms with Gasteiger partial charge in [0.15, 0.2) is 23.4 Å². The molecule has 2 aliphatic heterocycles. The van der Waals surface area contributed by atoms with Gasteiger partial charge in [0.05, 0.1) is 11.7 Å². The summed E-state index contributed by atoms with van der Waals surface area (Å²) < 4.78 is 23.3. The molecule has 11 nitrogen and oxygen atoms in total. The molecule has 4 rings (SSSR count). The maximum atomic E-state index is 13.1. The summed E-state index contributed by atoms with van der Waals surface area (Å²) in [5, 5.41) is 45.9. The number of carbonyl (C=O) groups is 3. The van der Waals surface area contributed by atoms with Crippen molar-refractivity contribution in [3.63, 3.8) is 0 Å². The molecule has 1 spiro atoms. The molecule has 0 bridgehead atoms. The first kappa shape index (κ1) is 31.6. The van der Waals surface area contributed by atoms with Gasteiger partial charge in [0.1, 0.15) is 18.3 Å². The van der Waals surface area contributed by atoms with Gasteiger partial charge < -0.3 is 39.4 Å². The van der Waals surface area contributed by atoms with Crippen molar-refractivity contribution in [1.29, 1.82) is 0 Å². The summed E-state index contributed by atoms with van der Waals surface area (Å²) in [5.74, 6) is -3.35. The van der Waals surface area contributed by atoms with E-state index in [0.29, 0.717) is 12.0 Å². The Labute approximate surface area is 240 Å². The number of aliphatic hydroxyl groups is 4. The SMILES string of the molecule is CCCCCCCC(=O)O[C@H]1/C(C)=C\[C@@H]2OC(=O)[C@]3(C)O[C@]23[C@H](OC(C)=O)[C@H]2[C@](C)(O)[C@H](O)C=C[C@]2(C)[C@@H](O)[C@@H]1O. The molecule has 0 radical (unpaired) electrons. The van der Waals surface area contributed by atoms with Gasteiger partial charge in [-0.25, -0.2) is 4.79 Å². The van der Waals surface area contributed by atoms with Crippen LogP contribution in [-0.4, -0.2) is 91.8 Å². The van der Waals surface area contributed by atoms with Crippen LogP contribution in [0.5, 0.6) is 0 Å². The van der Waals surface area contributed by atoms with Crippen molar-refractivity contribution in [3.05, 3.63) is 23.8 Å². The molecule has 0 unspecified atom stereocenters. The van der Waals surface area contributed by atoms with Crippen LogP contribution in [0.1, 0.15) is 80.1 Å². The highest BCUT2D eigenvalue weighted by molar-refractivity contribution is 5.89. The van der Waals surface area contributed by atoms with Gasteiger partial charge in [0, 0.05) is 24.7 Å². The van der Waals surface area contributed by atoms with E-state index in [4.69, 9.17) is 18.9 Å². The molecule has 2 heterocycles. The first-order valence-electron chi connectivity index (χ1n) is 14.5. The fraction of sp³-hybridized carbons (Fsp3) is 0.767. The third-order valence-electron chi connectivity index (χ3n) is 9.55. The van der Waals surface area contributed by atoms with Crippen LogP contribution < -0.4 is 0 Å². The van der Waals surface area contributed by atoms with Crippen molar-refractivity contribution in [2.45, 2.75) is 133 Å². The van der Waals surface area contributed by atoms with E-state index in [0.717, 1.165) is 32.6 Å². The minimum absolute atomic E-state index is 0.120. The fourth-order valence-electron chi connectivity index (χ4n) is 7.09. The molecule has 11 atom stereocenters. The second-order valence-corrected chi connectivity index (χ2v) is 12.6. The van der Waals surface area contributed by atoms with Crippen molar-refractivity contribution < 1.29 is 53.8 Å². The number of hydrogen-bond donors (Lipinski definition) is 4. The molecule has 0 saturated carbocycles. The lowest BCUT2D eigenvalue weighted by molar-refractivity contribution is -0.220. The molecule has 2 aliphatic carbocycles. The fourth-order valence-corrected chi connectivity index (χ4v) is 7.09. The predicted molar refractivity (Wildman–Crippen MR) is 144 cm³/mol. The number of hydrogen-bond acceptors (Lipinski definition) is 11. The number of epoxide rings is 1. The standard InChI is InChI=1S/C30H44O11/c1-7-8-9-10-11-12-20(33)40-22-16(2)15-19-30(29(6,41-30)26(36)39-19)25(38-17(3)31)23-27(4,24(35)21(22)34)14-13-18(32)28(23,5)37/h13-15,18-19,21-25,32,34-35,37H,7-12H2,1-6H3/b16-15-/t18-,19+,21-,22+,23-,24+,25-,27+,28-,29+,30+/m1/s1. The highest BCUT2D eigenvalue weighted by atomic mass is 16.7. The summed E-state index contributed by atoms with van der Waals surface area (Å²) in [6.45, 7) is 9.18. The molecule has 230 valence electrons. The lowest BCUT2D eigenvalue weighted by atomic mass is 9.55. The van der Waals surface area contributed by atoms with Crippen molar-refractivity contribution in [2.75, 3.05) is 0 Å². The van der Waals surface area contributed by atoms with E-state index in [1.807, 2.05) is 0 Å². The lowest BCUT2D eigenvalue weighted by Crippen LogP contribution is -2.68. The highest BCUT2D eigenvalue weighted by Gasteiger charge is 2.87. The summed E-state index contributed by atoms with van der Waals surface area (Å²) in [4.78, 5) is 38.4. The van der Waals surface area contributed by atoms with Crippen LogP contribution in [0.25, 0.3) is 0 Å². The number of aliphatic hydroxyl groups excluding tert-OH is 3. The molecule has 0 aromatic carbocycles. The highest BCUT2D eigenvalue weighted by Crippen LogP contribution is 2.65. The lowest BCUT2D eigenvalue weighted by Gasteiger charge is -2.55. The van der Waals surface area contributed by atoms with E-state index in [2.05, 4.69) is 6.92 Å². The van der Waals surface area contributed by atoms with Gasteiger partial charge in [-0.3, -0.25) is 9.59 Å². The van der Waals surface area contributed by atoms with Crippen molar-refractivity contribution in [1.82, 2.24) is 0 Å². The van der Waals surface area contributed by atoms with Crippen LogP contribution in [0.15, 0.2) is 23.8 Å². The van der Waals surface area contributed by atoms with Gasteiger partial charge in [-0.05, 0) is 38.8 Å². The zero-order valence-corrected chi connectivity index (χ0v) is 24.7. The van der Waals surface area contributed by atoms with Crippen LogP contribution in [0.4, 0.5) is 0 Å². The Hall–Kier alpha value is -2.31. The molecule has 4 aliphatic rings. The molecule has 0 amide bonds. The summed E-state index contributed by atoms with van der Waals surface area (Å²) >= 11 is 0. The monoisotopic (exact) mass is 580 g/mol. The van der Waals surface area contributed by atoms with Crippen LogP contribution in [-0.2, 0) is 33.3 Å². The van der Waals surface area contributed by atoms with E-state index < -0.39 is 82.7 Å². The van der Waals surface area contributed by atoms with Gasteiger partial charge >= 0.3 is 17.9 Å². The molecule has 0 aromatic rings. The zero-order valence-electron chi connectivity index (χ0n) is 24.7. The molecule has 0 aromatic heterocycles. The van der Waals surface area contributed by atoms with E-state index in [1.165, 1.54) is 39.0 Å². The largest absolute Gasteiger partial charge is 0.459 e. The Morgan fingerprint density at radius 3 is 2.32 bits per heavy atom. The zero-order chi connectivity index (χ0) is 30.5. The normalized spacial score (nSPS) is 46.2. The number of esters is 3. The Balaban J connectivity index is 1.82. The van der Waals surface area contributed by atoms with Gasteiger partial charge in [-0.2, -0.15) is 0 Å². The Kier molecular flexibility index (Phi) is 8.54. The second-order valence-electron chi connectivity index (χ2n) is 12.6. The van der Waals surface area contributed by atoms with Gasteiger partial charge in [0.2, 0.25) is 0 Å². The number of rotatable bonds is 8. The minimum atomic E-state index is -2.04. The van der Waals surface area contributed by atoms with Gasteiger partial charge in [-0.15, -0.1) is 0 Å². The number of unbranched alkanes of at least 4 members (excludes halogenated alkanes) is 4. The van der Waals surface area contributed by atoms with Crippen LogP contribution >= 0.6 is 0 Å². The number of fused-ring (bicyclic) bond motifs is 1. The molecule has 41 heavy (non-hydrogen) atoms. The van der Waals surface area contributed by atoms with E-state index >= 15 is 0 Å². The molecule has 11 heteroatoms. The molecule has 4 N–H and O–H groups in total. The molecular formula is C30H44O11. The Bertz CT molecular complexity index is 1110. The maximum absolute atomic E-state index is 13.1. The number of carbonyl (C=O) groups excluding carboxylic acids is 3. The van der Waals surface area contributed by atoms with Crippen molar-refractivity contribution in [2.24, 2.45) is 11.3 Å².